The average Bonchev–Trinajstić information content (AvgIpc) is 2.14. The SMILES string of the molecule is CCCCP(=O)(O)O.CCCCSC(=N)N. The molecule has 0 aromatic heterocycles. The fourth-order valence-electron chi connectivity index (χ4n) is 0.691. The van der Waals surface area contributed by atoms with Crippen molar-refractivity contribution in [2.75, 3.05) is 11.9 Å². The molecule has 0 rings (SSSR count). The smallest absolute Gasteiger partial charge is 0.325 e. The minimum Gasteiger partial charge on any atom is -0.379 e. The van der Waals surface area contributed by atoms with Crippen LogP contribution in [-0.4, -0.2) is 26.9 Å². The van der Waals surface area contributed by atoms with Crippen molar-refractivity contribution in [3.63, 3.8) is 0 Å². The Morgan fingerprint density at radius 1 is 1.31 bits per heavy atom. The lowest BCUT2D eigenvalue weighted by atomic mass is 10.4. The fraction of sp³-hybridized carbons (Fsp3) is 0.889. The molecule has 0 saturated heterocycles. The van der Waals surface area contributed by atoms with E-state index in [0.717, 1.165) is 18.6 Å². The van der Waals surface area contributed by atoms with Crippen LogP contribution in [-0.2, 0) is 4.57 Å². The van der Waals surface area contributed by atoms with Gasteiger partial charge in [0.15, 0.2) is 5.17 Å². The standard InChI is InChI=1S/C5H12N2S.C4H11O3P/c1-2-3-4-8-5(6)7;1-2-3-4-8(5,6)7/h2-4H2,1H3,(H3,6,7);2-4H2,1H3,(H2,5,6,7). The van der Waals surface area contributed by atoms with Crippen molar-refractivity contribution < 1.29 is 14.4 Å². The quantitative estimate of drug-likeness (QED) is 0.256. The van der Waals surface area contributed by atoms with Crippen LogP contribution in [0.2, 0.25) is 0 Å². The van der Waals surface area contributed by atoms with E-state index in [1.165, 1.54) is 18.2 Å². The average molecular weight is 270 g/mol. The normalized spacial score (nSPS) is 10.5. The minimum atomic E-state index is -3.68. The lowest BCUT2D eigenvalue weighted by Gasteiger charge is -1.98. The summed E-state index contributed by atoms with van der Waals surface area (Å²) in [5.41, 5.74) is 5.08. The van der Waals surface area contributed by atoms with Gasteiger partial charge in [-0.2, -0.15) is 0 Å². The van der Waals surface area contributed by atoms with Crippen LogP contribution in [0.5, 0.6) is 0 Å². The molecule has 0 aliphatic heterocycles. The van der Waals surface area contributed by atoms with Gasteiger partial charge in [0.2, 0.25) is 0 Å². The Morgan fingerprint density at radius 2 is 1.81 bits per heavy atom. The van der Waals surface area contributed by atoms with Crippen molar-refractivity contribution >= 4 is 24.5 Å². The van der Waals surface area contributed by atoms with E-state index < -0.39 is 7.60 Å². The topological polar surface area (TPSA) is 107 Å². The van der Waals surface area contributed by atoms with Crippen LogP contribution in [0.25, 0.3) is 0 Å². The maximum absolute atomic E-state index is 10.1. The molecular weight excluding hydrogens is 247 g/mol. The van der Waals surface area contributed by atoms with Crippen LogP contribution < -0.4 is 5.73 Å². The van der Waals surface area contributed by atoms with Gasteiger partial charge in [0.05, 0.1) is 0 Å². The maximum Gasteiger partial charge on any atom is 0.325 e. The van der Waals surface area contributed by atoms with Gasteiger partial charge < -0.3 is 15.5 Å². The molecule has 98 valence electrons. The number of rotatable bonds is 6. The molecule has 0 fully saturated rings. The van der Waals surface area contributed by atoms with E-state index in [9.17, 15) is 4.57 Å². The molecule has 0 aromatic carbocycles. The molecule has 0 spiro atoms. The molecule has 0 saturated carbocycles. The lowest BCUT2D eigenvalue weighted by Crippen LogP contribution is -2.04. The van der Waals surface area contributed by atoms with E-state index in [-0.39, 0.29) is 11.3 Å². The number of unbranched alkanes of at least 4 members (excludes halogenated alkanes) is 2. The Morgan fingerprint density at radius 3 is 2.06 bits per heavy atom. The van der Waals surface area contributed by atoms with Gasteiger partial charge >= 0.3 is 7.60 Å². The van der Waals surface area contributed by atoms with Crippen molar-refractivity contribution in [3.8, 4) is 0 Å². The molecule has 0 radical (unpaired) electrons. The van der Waals surface area contributed by atoms with Crippen LogP contribution in [0.15, 0.2) is 0 Å². The Balaban J connectivity index is 0. The molecule has 0 amide bonds. The van der Waals surface area contributed by atoms with Crippen molar-refractivity contribution in [2.45, 2.75) is 39.5 Å². The predicted molar refractivity (Wildman–Crippen MR) is 71.1 cm³/mol. The first-order valence-electron chi connectivity index (χ1n) is 5.34. The minimum absolute atomic E-state index is 0.0312. The van der Waals surface area contributed by atoms with Gasteiger partial charge in [-0.1, -0.05) is 38.5 Å². The van der Waals surface area contributed by atoms with Gasteiger partial charge in [-0.15, -0.1) is 0 Å². The van der Waals surface area contributed by atoms with Gasteiger partial charge in [0.25, 0.3) is 0 Å². The Hall–Kier alpha value is -0.0300. The first-order valence-corrected chi connectivity index (χ1v) is 8.13. The summed E-state index contributed by atoms with van der Waals surface area (Å²) in [6.07, 6.45) is 3.82. The fourth-order valence-corrected chi connectivity index (χ4v) is 2.07. The summed E-state index contributed by atoms with van der Waals surface area (Å²) in [5.74, 6) is 0.992. The molecule has 0 aliphatic carbocycles. The summed E-state index contributed by atoms with van der Waals surface area (Å²) in [6.45, 7) is 4.02. The van der Waals surface area contributed by atoms with Gasteiger partial charge in [0, 0.05) is 11.9 Å². The van der Waals surface area contributed by atoms with E-state index in [0.29, 0.717) is 6.42 Å². The summed E-state index contributed by atoms with van der Waals surface area (Å²) in [6, 6.07) is 0. The summed E-state index contributed by atoms with van der Waals surface area (Å²) < 4.78 is 10.1. The second-order valence-corrected chi connectivity index (χ2v) is 6.22. The second-order valence-electron chi connectivity index (χ2n) is 3.31. The van der Waals surface area contributed by atoms with E-state index in [1.807, 2.05) is 6.92 Å². The first-order chi connectivity index (χ1) is 7.33. The molecule has 7 heteroatoms. The second kappa shape index (κ2) is 11.5. The molecule has 0 bridgehead atoms. The predicted octanol–water partition coefficient (Wildman–Crippen LogP) is 2.38. The van der Waals surface area contributed by atoms with Crippen LogP contribution in [0, 0.1) is 5.41 Å². The summed E-state index contributed by atoms with van der Waals surface area (Å²) >= 11 is 1.42. The Kier molecular flexibility index (Phi) is 13.1. The Bertz CT molecular complexity index is 221. The number of hydrogen-bond acceptors (Lipinski definition) is 3. The van der Waals surface area contributed by atoms with Gasteiger partial charge in [-0.3, -0.25) is 9.97 Å². The molecule has 0 atom stereocenters. The molecule has 0 aromatic rings. The lowest BCUT2D eigenvalue weighted by molar-refractivity contribution is 0.371. The molecule has 0 unspecified atom stereocenters. The Labute approximate surface area is 102 Å². The number of nitrogens with one attached hydrogen (secondary N) is 1. The van der Waals surface area contributed by atoms with Crippen molar-refractivity contribution in [1.29, 1.82) is 5.41 Å². The summed E-state index contributed by atoms with van der Waals surface area (Å²) in [7, 11) is -3.68. The zero-order valence-electron chi connectivity index (χ0n) is 9.98. The van der Waals surface area contributed by atoms with E-state index in [2.05, 4.69) is 6.92 Å². The van der Waals surface area contributed by atoms with Crippen molar-refractivity contribution in [2.24, 2.45) is 5.73 Å². The van der Waals surface area contributed by atoms with Crippen molar-refractivity contribution in [3.05, 3.63) is 0 Å². The molecule has 0 aliphatic rings. The number of amidine groups is 1. The van der Waals surface area contributed by atoms with Crippen LogP contribution in [0.3, 0.4) is 0 Å². The largest absolute Gasteiger partial charge is 0.379 e. The van der Waals surface area contributed by atoms with Crippen LogP contribution in [0.4, 0.5) is 0 Å². The summed E-state index contributed by atoms with van der Waals surface area (Å²) in [4.78, 5) is 16.5. The highest BCUT2D eigenvalue weighted by Crippen LogP contribution is 2.35. The highest BCUT2D eigenvalue weighted by atomic mass is 32.2. The number of thioether (sulfide) groups is 1. The number of nitrogens with two attached hydrogens (primary N) is 1. The molecule has 0 heterocycles. The van der Waals surface area contributed by atoms with Gasteiger partial charge in [-0.05, 0) is 12.8 Å². The van der Waals surface area contributed by atoms with E-state index in [1.54, 1.807) is 0 Å². The third-order valence-electron chi connectivity index (χ3n) is 1.56. The molecular formula is C9H23N2O3PS. The third-order valence-corrected chi connectivity index (χ3v) is 3.26. The first kappa shape index (κ1) is 18.3. The highest BCUT2D eigenvalue weighted by molar-refractivity contribution is 8.13. The molecule has 16 heavy (non-hydrogen) atoms. The monoisotopic (exact) mass is 270 g/mol. The number of hydrogen-bond donors (Lipinski definition) is 4. The maximum atomic E-state index is 10.1. The van der Waals surface area contributed by atoms with Gasteiger partial charge in [-0.25, -0.2) is 0 Å². The van der Waals surface area contributed by atoms with Crippen LogP contribution in [0.1, 0.15) is 39.5 Å². The molecule has 5 nitrogen and oxygen atoms in total. The zero-order valence-corrected chi connectivity index (χ0v) is 11.7. The van der Waals surface area contributed by atoms with Gasteiger partial charge in [0.1, 0.15) is 0 Å². The van der Waals surface area contributed by atoms with E-state index >= 15 is 0 Å². The third kappa shape index (κ3) is 23.6. The van der Waals surface area contributed by atoms with Crippen LogP contribution >= 0.6 is 19.4 Å². The van der Waals surface area contributed by atoms with Crippen molar-refractivity contribution in [1.82, 2.24) is 0 Å². The molecule has 5 N–H and O–H groups in total. The summed E-state index contributed by atoms with van der Waals surface area (Å²) in [5, 5.41) is 7.05. The van der Waals surface area contributed by atoms with E-state index in [4.69, 9.17) is 20.9 Å². The zero-order chi connectivity index (χ0) is 13.0. The highest BCUT2D eigenvalue weighted by Gasteiger charge is 2.09.